The molecule has 0 atom stereocenters. The molecule has 0 saturated heterocycles. The fourth-order valence-corrected chi connectivity index (χ4v) is 3.43. The number of rotatable bonds is 5. The van der Waals surface area contributed by atoms with Crippen molar-refractivity contribution in [1.29, 1.82) is 0 Å². The zero-order chi connectivity index (χ0) is 18.0. The number of halogens is 4. The number of hydrogen-bond donors (Lipinski definition) is 1. The summed E-state index contributed by atoms with van der Waals surface area (Å²) in [6, 6.07) is 8.70. The van der Waals surface area contributed by atoms with Gasteiger partial charge in [-0.05, 0) is 35.9 Å². The zero-order valence-electron chi connectivity index (χ0n) is 12.4. The Bertz CT molecular complexity index is 821. The standard InChI is InChI=1S/C15H13ClF3NO3S/c1-23-12-5-2-10(3-6-12)9-20-24(21,22)14-8-11(15(17,18)19)4-7-13(14)16/h2-8,20H,9H2,1H3. The van der Waals surface area contributed by atoms with Gasteiger partial charge in [0.05, 0.1) is 17.7 Å². The lowest BCUT2D eigenvalue weighted by Crippen LogP contribution is -2.24. The molecule has 0 aliphatic rings. The molecular weight excluding hydrogens is 367 g/mol. The Hall–Kier alpha value is -1.77. The predicted octanol–water partition coefficient (Wildman–Crippen LogP) is 3.85. The smallest absolute Gasteiger partial charge is 0.416 e. The van der Waals surface area contributed by atoms with Gasteiger partial charge in [0.15, 0.2) is 0 Å². The highest BCUT2D eigenvalue weighted by molar-refractivity contribution is 7.89. The molecule has 0 saturated carbocycles. The quantitative estimate of drug-likeness (QED) is 0.858. The first-order valence-corrected chi connectivity index (χ1v) is 8.49. The van der Waals surface area contributed by atoms with Crippen molar-refractivity contribution in [1.82, 2.24) is 4.72 Å². The van der Waals surface area contributed by atoms with Crippen molar-refractivity contribution in [2.45, 2.75) is 17.6 Å². The minimum absolute atomic E-state index is 0.0983. The van der Waals surface area contributed by atoms with E-state index in [0.29, 0.717) is 17.4 Å². The second-order valence-electron chi connectivity index (χ2n) is 4.82. The normalized spacial score (nSPS) is 12.2. The molecule has 0 unspecified atom stereocenters. The first kappa shape index (κ1) is 18.6. The van der Waals surface area contributed by atoms with E-state index >= 15 is 0 Å². The van der Waals surface area contributed by atoms with Crippen LogP contribution in [0.1, 0.15) is 11.1 Å². The summed E-state index contributed by atoms with van der Waals surface area (Å²) in [5.74, 6) is 0.600. The lowest BCUT2D eigenvalue weighted by atomic mass is 10.2. The Morgan fingerprint density at radius 2 is 1.75 bits per heavy atom. The third-order valence-corrected chi connectivity index (χ3v) is 5.06. The number of benzene rings is 2. The number of alkyl halides is 3. The van der Waals surface area contributed by atoms with Crippen molar-refractivity contribution in [3.63, 3.8) is 0 Å². The molecule has 9 heteroatoms. The van der Waals surface area contributed by atoms with Crippen LogP contribution in [-0.2, 0) is 22.7 Å². The summed E-state index contributed by atoms with van der Waals surface area (Å²) in [7, 11) is -2.71. The Morgan fingerprint density at radius 1 is 1.12 bits per heavy atom. The lowest BCUT2D eigenvalue weighted by molar-refractivity contribution is -0.137. The van der Waals surface area contributed by atoms with Gasteiger partial charge in [-0.2, -0.15) is 13.2 Å². The topological polar surface area (TPSA) is 55.4 Å². The van der Waals surface area contributed by atoms with Crippen molar-refractivity contribution < 1.29 is 26.3 Å². The fraction of sp³-hybridized carbons (Fsp3) is 0.200. The molecule has 0 amide bonds. The van der Waals surface area contributed by atoms with Crippen LogP contribution in [-0.4, -0.2) is 15.5 Å². The van der Waals surface area contributed by atoms with E-state index in [1.807, 2.05) is 0 Å². The van der Waals surface area contributed by atoms with E-state index in [1.165, 1.54) is 7.11 Å². The number of ether oxygens (including phenoxy) is 1. The largest absolute Gasteiger partial charge is 0.497 e. The second kappa shape index (κ2) is 7.00. The molecule has 24 heavy (non-hydrogen) atoms. The van der Waals surface area contributed by atoms with Crippen molar-refractivity contribution in [3.8, 4) is 5.75 Å². The number of sulfonamides is 1. The molecule has 0 aliphatic heterocycles. The third-order valence-electron chi connectivity index (χ3n) is 3.17. The van der Waals surface area contributed by atoms with E-state index < -0.39 is 26.7 Å². The van der Waals surface area contributed by atoms with Crippen molar-refractivity contribution in [2.75, 3.05) is 7.11 Å². The SMILES string of the molecule is COc1ccc(CNS(=O)(=O)c2cc(C(F)(F)F)ccc2Cl)cc1. The van der Waals surface area contributed by atoms with Crippen LogP contribution in [0.3, 0.4) is 0 Å². The van der Waals surface area contributed by atoms with Gasteiger partial charge in [-0.15, -0.1) is 0 Å². The fourth-order valence-electron chi connectivity index (χ4n) is 1.89. The van der Waals surface area contributed by atoms with E-state index in [4.69, 9.17) is 16.3 Å². The molecule has 1 N–H and O–H groups in total. The molecule has 0 aromatic heterocycles. The first-order chi connectivity index (χ1) is 11.1. The number of hydrogen-bond acceptors (Lipinski definition) is 3. The van der Waals surface area contributed by atoms with E-state index in [1.54, 1.807) is 24.3 Å². The van der Waals surface area contributed by atoms with Crippen LogP contribution in [0.2, 0.25) is 5.02 Å². The van der Waals surface area contributed by atoms with E-state index in [2.05, 4.69) is 4.72 Å². The van der Waals surface area contributed by atoms with Crippen LogP contribution in [0.25, 0.3) is 0 Å². The number of nitrogens with one attached hydrogen (secondary N) is 1. The van der Waals surface area contributed by atoms with E-state index in [9.17, 15) is 21.6 Å². The summed E-state index contributed by atoms with van der Waals surface area (Å²) < 4.78 is 69.9. The minimum atomic E-state index is -4.66. The highest BCUT2D eigenvalue weighted by Crippen LogP contribution is 2.33. The molecule has 4 nitrogen and oxygen atoms in total. The zero-order valence-corrected chi connectivity index (χ0v) is 14.0. The Kier molecular flexibility index (Phi) is 5.42. The lowest BCUT2D eigenvalue weighted by Gasteiger charge is -2.12. The molecule has 130 valence electrons. The molecule has 2 aromatic carbocycles. The van der Waals surface area contributed by atoms with Crippen LogP contribution < -0.4 is 9.46 Å². The van der Waals surface area contributed by atoms with Gasteiger partial charge in [0, 0.05) is 6.54 Å². The summed E-state index contributed by atoms with van der Waals surface area (Å²) in [6.07, 6.45) is -4.66. The maximum Gasteiger partial charge on any atom is 0.416 e. The van der Waals surface area contributed by atoms with Crippen LogP contribution >= 0.6 is 11.6 Å². The van der Waals surface area contributed by atoms with Gasteiger partial charge in [0.2, 0.25) is 10.0 Å². The van der Waals surface area contributed by atoms with E-state index in [0.717, 1.165) is 12.1 Å². The highest BCUT2D eigenvalue weighted by atomic mass is 35.5. The van der Waals surface area contributed by atoms with Crippen molar-refractivity contribution in [3.05, 3.63) is 58.6 Å². The summed E-state index contributed by atoms with van der Waals surface area (Å²) >= 11 is 5.75. The Labute approximate surface area is 142 Å². The molecular formula is C15H13ClF3NO3S. The molecule has 0 heterocycles. The molecule has 0 bridgehead atoms. The van der Waals surface area contributed by atoms with Crippen LogP contribution in [0.5, 0.6) is 5.75 Å². The maximum atomic E-state index is 12.7. The summed E-state index contributed by atoms with van der Waals surface area (Å²) in [5.41, 5.74) is -0.473. The monoisotopic (exact) mass is 379 g/mol. The first-order valence-electron chi connectivity index (χ1n) is 6.63. The minimum Gasteiger partial charge on any atom is -0.497 e. The maximum absolute atomic E-state index is 12.7. The summed E-state index contributed by atoms with van der Waals surface area (Å²) in [6.45, 7) is -0.0983. The predicted molar refractivity (Wildman–Crippen MR) is 83.5 cm³/mol. The molecule has 0 fully saturated rings. The van der Waals surface area contributed by atoms with Gasteiger partial charge in [-0.1, -0.05) is 23.7 Å². The number of methoxy groups -OCH3 is 1. The second-order valence-corrected chi connectivity index (χ2v) is 6.96. The van der Waals surface area contributed by atoms with E-state index in [-0.39, 0.29) is 11.6 Å². The van der Waals surface area contributed by atoms with Gasteiger partial charge in [-0.25, -0.2) is 13.1 Å². The van der Waals surface area contributed by atoms with Crippen LogP contribution in [0.4, 0.5) is 13.2 Å². The third kappa shape index (κ3) is 4.40. The average Bonchev–Trinajstić information content (AvgIpc) is 2.52. The Morgan fingerprint density at radius 3 is 2.29 bits per heavy atom. The van der Waals surface area contributed by atoms with Crippen molar-refractivity contribution >= 4 is 21.6 Å². The molecule has 0 spiro atoms. The summed E-state index contributed by atoms with van der Waals surface area (Å²) in [5, 5.41) is -0.287. The summed E-state index contributed by atoms with van der Waals surface area (Å²) in [4.78, 5) is -0.618. The van der Waals surface area contributed by atoms with Gasteiger partial charge in [0.1, 0.15) is 10.6 Å². The molecule has 2 rings (SSSR count). The molecule has 0 radical (unpaired) electrons. The van der Waals surface area contributed by atoms with Gasteiger partial charge < -0.3 is 4.74 Å². The van der Waals surface area contributed by atoms with Crippen LogP contribution in [0.15, 0.2) is 47.4 Å². The van der Waals surface area contributed by atoms with Gasteiger partial charge >= 0.3 is 6.18 Å². The van der Waals surface area contributed by atoms with Crippen LogP contribution in [0, 0.1) is 0 Å². The van der Waals surface area contributed by atoms with Gasteiger partial charge in [-0.3, -0.25) is 0 Å². The van der Waals surface area contributed by atoms with Crippen molar-refractivity contribution in [2.24, 2.45) is 0 Å². The average molecular weight is 380 g/mol. The molecule has 0 aliphatic carbocycles. The Balaban J connectivity index is 2.23. The molecule has 2 aromatic rings. The highest BCUT2D eigenvalue weighted by Gasteiger charge is 2.32. The van der Waals surface area contributed by atoms with Gasteiger partial charge in [0.25, 0.3) is 0 Å².